The fourth-order valence-electron chi connectivity index (χ4n) is 3.74. The molecule has 9 heteroatoms. The van der Waals surface area contributed by atoms with Gasteiger partial charge in [0.05, 0.1) is 5.69 Å². The van der Waals surface area contributed by atoms with Gasteiger partial charge in [0, 0.05) is 18.0 Å². The molecule has 3 aromatic carbocycles. The molecule has 6 rings (SSSR count). The molecule has 0 aliphatic rings. The van der Waals surface area contributed by atoms with Gasteiger partial charge >= 0.3 is 0 Å². The highest BCUT2D eigenvalue weighted by atomic mass is 32.1. The maximum atomic E-state index is 13.6. The summed E-state index contributed by atoms with van der Waals surface area (Å²) in [5.74, 6) is 0.929. The molecule has 6 aromatic rings. The number of hydrogen-bond acceptors (Lipinski definition) is 7. The van der Waals surface area contributed by atoms with Crippen molar-refractivity contribution in [3.63, 3.8) is 0 Å². The highest BCUT2D eigenvalue weighted by molar-refractivity contribution is 7.14. The van der Waals surface area contributed by atoms with Crippen LogP contribution < -0.4 is 9.54 Å². The van der Waals surface area contributed by atoms with Crippen molar-refractivity contribution in [1.82, 2.24) is 24.4 Å². The van der Waals surface area contributed by atoms with Gasteiger partial charge in [0.1, 0.15) is 12.4 Å². The average molecular weight is 479 g/mol. The first-order valence-electron chi connectivity index (χ1n) is 10.9. The van der Waals surface area contributed by atoms with Crippen molar-refractivity contribution in [3.05, 3.63) is 114 Å². The zero-order valence-electron chi connectivity index (χ0n) is 18.4. The number of carbonyl (C=O) groups is 1. The highest BCUT2D eigenvalue weighted by Gasteiger charge is 2.20. The van der Waals surface area contributed by atoms with Gasteiger partial charge in [-0.1, -0.05) is 59.9 Å². The lowest BCUT2D eigenvalue weighted by molar-refractivity contribution is 0.0933. The van der Waals surface area contributed by atoms with E-state index in [-0.39, 0.29) is 12.5 Å². The molecule has 0 N–H and O–H groups in total. The Hall–Kier alpha value is -4.63. The van der Waals surface area contributed by atoms with Crippen LogP contribution in [0.2, 0.25) is 0 Å². The summed E-state index contributed by atoms with van der Waals surface area (Å²) in [7, 11) is 0. The van der Waals surface area contributed by atoms with Crippen LogP contribution in [0.15, 0.2) is 102 Å². The number of para-hydroxylation sites is 1. The standard InChI is InChI=1S/C26H18N6O2S/c33-24(19-12-14-27-15-13-19)32-25(28-21-8-2-1-3-9-21)35-26-30-29-23(31(26)32)17-34-22-11-10-18-6-4-5-7-20(18)16-22/h1-16H,17H2. The molecule has 0 saturated carbocycles. The van der Waals surface area contributed by atoms with E-state index in [0.29, 0.717) is 26.9 Å². The van der Waals surface area contributed by atoms with Gasteiger partial charge in [0.15, 0.2) is 5.82 Å². The van der Waals surface area contributed by atoms with Gasteiger partial charge in [0.25, 0.3) is 5.91 Å². The zero-order chi connectivity index (χ0) is 23.6. The quantitative estimate of drug-likeness (QED) is 0.360. The van der Waals surface area contributed by atoms with Gasteiger partial charge in [-0.05, 0) is 47.2 Å². The lowest BCUT2D eigenvalue weighted by Crippen LogP contribution is -2.29. The van der Waals surface area contributed by atoms with Crippen LogP contribution >= 0.6 is 11.3 Å². The second kappa shape index (κ2) is 8.96. The SMILES string of the molecule is O=C(c1ccncc1)n1c(=Nc2ccccc2)sc2nnc(COc3ccc4ccccc4c3)n21. The van der Waals surface area contributed by atoms with Gasteiger partial charge in [-0.3, -0.25) is 9.78 Å². The van der Waals surface area contributed by atoms with Crippen molar-refractivity contribution in [1.29, 1.82) is 0 Å². The molecule has 3 aromatic heterocycles. The number of benzene rings is 3. The lowest BCUT2D eigenvalue weighted by Gasteiger charge is -2.08. The third kappa shape index (κ3) is 4.09. The molecule has 35 heavy (non-hydrogen) atoms. The van der Waals surface area contributed by atoms with Gasteiger partial charge < -0.3 is 4.74 Å². The number of rotatable bonds is 5. The average Bonchev–Trinajstić information content (AvgIpc) is 3.47. The molecule has 0 atom stereocenters. The number of carbonyl (C=O) groups excluding carboxylic acids is 1. The highest BCUT2D eigenvalue weighted by Crippen LogP contribution is 2.22. The van der Waals surface area contributed by atoms with Gasteiger partial charge in [-0.2, -0.15) is 9.20 Å². The molecule has 0 unspecified atom stereocenters. The van der Waals surface area contributed by atoms with Crippen molar-refractivity contribution in [3.8, 4) is 5.75 Å². The minimum Gasteiger partial charge on any atom is -0.486 e. The van der Waals surface area contributed by atoms with E-state index in [0.717, 1.165) is 16.5 Å². The summed E-state index contributed by atoms with van der Waals surface area (Å²) in [6.07, 6.45) is 3.17. The number of pyridine rings is 1. The largest absolute Gasteiger partial charge is 0.486 e. The normalized spacial score (nSPS) is 11.8. The summed E-state index contributed by atoms with van der Waals surface area (Å²) >= 11 is 1.28. The summed E-state index contributed by atoms with van der Waals surface area (Å²) in [6.45, 7) is 0.130. The van der Waals surface area contributed by atoms with Gasteiger partial charge in [-0.25, -0.2) is 4.99 Å². The van der Waals surface area contributed by atoms with Gasteiger partial charge in [0.2, 0.25) is 9.76 Å². The van der Waals surface area contributed by atoms with Crippen molar-refractivity contribution in [2.24, 2.45) is 4.99 Å². The van der Waals surface area contributed by atoms with Crippen LogP contribution in [0.4, 0.5) is 5.69 Å². The topological polar surface area (TPSA) is 86.7 Å². The number of fused-ring (bicyclic) bond motifs is 2. The molecular formula is C26H18N6O2S. The molecule has 0 aliphatic heterocycles. The van der Waals surface area contributed by atoms with Gasteiger partial charge in [-0.15, -0.1) is 10.2 Å². The summed E-state index contributed by atoms with van der Waals surface area (Å²) < 4.78 is 9.20. The van der Waals surface area contributed by atoms with E-state index in [1.807, 2.05) is 66.7 Å². The molecule has 0 saturated heterocycles. The van der Waals surface area contributed by atoms with Crippen LogP contribution in [0.25, 0.3) is 15.7 Å². The van der Waals surface area contributed by atoms with E-state index in [2.05, 4.69) is 21.2 Å². The molecule has 0 fully saturated rings. The van der Waals surface area contributed by atoms with Crippen molar-refractivity contribution in [2.45, 2.75) is 6.61 Å². The first-order valence-corrected chi connectivity index (χ1v) is 11.7. The minimum atomic E-state index is -0.264. The summed E-state index contributed by atoms with van der Waals surface area (Å²) in [4.78, 5) is 23.3. The third-order valence-corrected chi connectivity index (χ3v) is 6.31. The monoisotopic (exact) mass is 478 g/mol. The number of hydrogen-bond donors (Lipinski definition) is 0. The number of aromatic nitrogens is 5. The van der Waals surface area contributed by atoms with Crippen molar-refractivity contribution >= 4 is 38.7 Å². The molecule has 0 spiro atoms. The Morgan fingerprint density at radius 3 is 2.49 bits per heavy atom. The van der Waals surface area contributed by atoms with E-state index >= 15 is 0 Å². The maximum absolute atomic E-state index is 13.6. The Balaban J connectivity index is 1.43. The Morgan fingerprint density at radius 1 is 0.886 bits per heavy atom. The number of ether oxygens (including phenoxy) is 1. The predicted octanol–water partition coefficient (Wildman–Crippen LogP) is 4.64. The van der Waals surface area contributed by atoms with Crippen LogP contribution in [-0.2, 0) is 6.61 Å². The van der Waals surface area contributed by atoms with E-state index in [1.165, 1.54) is 16.0 Å². The summed E-state index contributed by atoms with van der Waals surface area (Å²) in [5.41, 5.74) is 1.21. The smallest absolute Gasteiger partial charge is 0.279 e. The maximum Gasteiger partial charge on any atom is 0.279 e. The molecule has 0 bridgehead atoms. The van der Waals surface area contributed by atoms with E-state index in [4.69, 9.17) is 9.73 Å². The molecule has 170 valence electrons. The fourth-order valence-corrected chi connectivity index (χ4v) is 4.66. The summed E-state index contributed by atoms with van der Waals surface area (Å²) in [5, 5.41) is 10.8. The van der Waals surface area contributed by atoms with Crippen molar-refractivity contribution in [2.75, 3.05) is 0 Å². The Morgan fingerprint density at radius 2 is 1.66 bits per heavy atom. The Kier molecular flexibility index (Phi) is 5.36. The Labute approximate surface area is 203 Å². The first-order chi connectivity index (χ1) is 17.3. The second-order valence-corrected chi connectivity index (χ2v) is 8.63. The lowest BCUT2D eigenvalue weighted by atomic mass is 10.1. The van der Waals surface area contributed by atoms with E-state index < -0.39 is 0 Å². The van der Waals surface area contributed by atoms with Crippen LogP contribution in [0.5, 0.6) is 5.75 Å². The molecule has 3 heterocycles. The number of nitrogens with zero attached hydrogens (tertiary/aromatic N) is 6. The minimum absolute atomic E-state index is 0.130. The fraction of sp³-hybridized carbons (Fsp3) is 0.0385. The Bertz CT molecular complexity index is 1720. The zero-order valence-corrected chi connectivity index (χ0v) is 19.2. The van der Waals surface area contributed by atoms with Crippen LogP contribution in [0.3, 0.4) is 0 Å². The van der Waals surface area contributed by atoms with E-state index in [1.54, 1.807) is 29.0 Å². The molecule has 0 amide bonds. The molecule has 0 radical (unpaired) electrons. The molecule has 8 nitrogen and oxygen atoms in total. The van der Waals surface area contributed by atoms with E-state index in [9.17, 15) is 4.79 Å². The third-order valence-electron chi connectivity index (χ3n) is 5.43. The van der Waals surface area contributed by atoms with Crippen molar-refractivity contribution < 1.29 is 9.53 Å². The van der Waals surface area contributed by atoms with Crippen LogP contribution in [-0.4, -0.2) is 30.3 Å². The second-order valence-electron chi connectivity index (χ2n) is 7.69. The van der Waals surface area contributed by atoms with Crippen LogP contribution in [0, 0.1) is 0 Å². The molecule has 0 aliphatic carbocycles. The predicted molar refractivity (Wildman–Crippen MR) is 133 cm³/mol. The molecular weight excluding hydrogens is 460 g/mol. The van der Waals surface area contributed by atoms with Crippen LogP contribution in [0.1, 0.15) is 16.2 Å². The summed E-state index contributed by atoms with van der Waals surface area (Å²) in [6, 6.07) is 26.8. The first kappa shape index (κ1) is 20.9.